The third kappa shape index (κ3) is 6.71. The predicted octanol–water partition coefficient (Wildman–Crippen LogP) is 8.70. The molecule has 6 nitrogen and oxygen atoms in total. The first-order chi connectivity index (χ1) is 21.7. The number of aromatic nitrogens is 6. The van der Waals surface area contributed by atoms with Crippen LogP contribution in [0.2, 0.25) is 0 Å². The Morgan fingerprint density at radius 2 is 0.955 bits per heavy atom. The molecular formula is C38H32N6. The van der Waals surface area contributed by atoms with Gasteiger partial charge in [0, 0.05) is 34.2 Å². The van der Waals surface area contributed by atoms with E-state index in [1.807, 2.05) is 115 Å². The van der Waals surface area contributed by atoms with Crippen molar-refractivity contribution in [3.63, 3.8) is 0 Å². The highest BCUT2D eigenvalue weighted by Gasteiger charge is 2.16. The maximum absolute atomic E-state index is 4.98. The second-order valence-corrected chi connectivity index (χ2v) is 10.7. The number of benzene rings is 4. The minimum atomic E-state index is 0.503. The Morgan fingerprint density at radius 3 is 1.50 bits per heavy atom. The van der Waals surface area contributed by atoms with Crippen LogP contribution in [0.1, 0.15) is 19.5 Å². The molecule has 0 N–H and O–H groups in total. The van der Waals surface area contributed by atoms with Crippen LogP contribution in [0.15, 0.2) is 140 Å². The minimum Gasteiger partial charge on any atom is -0.229 e. The van der Waals surface area contributed by atoms with Crippen molar-refractivity contribution >= 4 is 0 Å². The van der Waals surface area contributed by atoms with Gasteiger partial charge in [0.25, 0.3) is 0 Å². The van der Waals surface area contributed by atoms with Gasteiger partial charge >= 0.3 is 0 Å². The fraction of sp³-hybridized carbons (Fsp3) is 0.105. The summed E-state index contributed by atoms with van der Waals surface area (Å²) in [6.07, 6.45) is 9.05. The second kappa shape index (κ2) is 13.6. The van der Waals surface area contributed by atoms with Gasteiger partial charge in [-0.25, -0.2) is 9.97 Å². The lowest BCUT2D eigenvalue weighted by atomic mass is 10.0. The molecular weight excluding hydrogens is 540 g/mol. The molecule has 214 valence electrons. The molecule has 0 bridgehead atoms. The molecule has 2 aromatic heterocycles. The monoisotopic (exact) mass is 572 g/mol. The summed E-state index contributed by atoms with van der Waals surface area (Å²) in [5, 5.41) is 18.3. The van der Waals surface area contributed by atoms with Gasteiger partial charge in [0.1, 0.15) is 17.1 Å². The quantitative estimate of drug-likeness (QED) is 0.161. The maximum atomic E-state index is 4.98. The number of hydrogen-bond acceptors (Lipinski definition) is 6. The molecule has 0 amide bonds. The molecule has 0 aliphatic rings. The molecule has 2 heterocycles. The van der Waals surface area contributed by atoms with Gasteiger partial charge in [0.15, 0.2) is 11.6 Å². The Hall–Kier alpha value is -5.62. The highest BCUT2D eigenvalue weighted by atomic mass is 15.2. The first kappa shape index (κ1) is 28.5. The molecule has 0 saturated heterocycles. The molecule has 0 unspecified atom stereocenters. The first-order valence-electron chi connectivity index (χ1n) is 14.7. The standard InChI is InChI=1S/C38H32N6/c1-27(2)15-7-3-14-22-33-34(28-16-8-4-9-17-28)41-43-37(39-33)31-23-25-32(26-24-31)38-40-35(29-18-10-5-11-19-29)36(42-44-38)30-20-12-6-13-21-30/h3-21,23-27H,22H2,1-2H3/b14-3-,15-7-. The zero-order chi connectivity index (χ0) is 30.1. The van der Waals surface area contributed by atoms with Crippen molar-refractivity contribution < 1.29 is 0 Å². The molecule has 0 fully saturated rings. The van der Waals surface area contributed by atoms with Crippen molar-refractivity contribution in [2.75, 3.05) is 0 Å². The lowest BCUT2D eigenvalue weighted by Gasteiger charge is -2.10. The van der Waals surface area contributed by atoms with E-state index in [4.69, 9.17) is 9.97 Å². The van der Waals surface area contributed by atoms with Crippen LogP contribution in [-0.2, 0) is 6.42 Å². The van der Waals surface area contributed by atoms with E-state index in [2.05, 4.69) is 58.5 Å². The van der Waals surface area contributed by atoms with Crippen molar-refractivity contribution in [2.24, 2.45) is 5.92 Å². The molecule has 0 atom stereocenters. The maximum Gasteiger partial charge on any atom is 0.182 e. The van der Waals surface area contributed by atoms with Crippen LogP contribution in [0.3, 0.4) is 0 Å². The molecule has 0 saturated carbocycles. The molecule has 0 spiro atoms. The molecule has 0 radical (unpaired) electrons. The molecule has 6 heteroatoms. The van der Waals surface area contributed by atoms with Crippen molar-refractivity contribution in [1.29, 1.82) is 0 Å². The van der Waals surface area contributed by atoms with Gasteiger partial charge in [-0.05, 0) is 5.92 Å². The largest absolute Gasteiger partial charge is 0.229 e. The van der Waals surface area contributed by atoms with E-state index in [1.54, 1.807) is 0 Å². The van der Waals surface area contributed by atoms with E-state index in [1.165, 1.54) is 0 Å². The fourth-order valence-electron chi connectivity index (χ4n) is 4.79. The lowest BCUT2D eigenvalue weighted by molar-refractivity contribution is 0.832. The van der Waals surface area contributed by atoms with Crippen molar-refractivity contribution in [3.05, 3.63) is 145 Å². The number of allylic oxidation sites excluding steroid dienone is 4. The summed E-state index contributed by atoms with van der Waals surface area (Å²) in [6, 6.07) is 38.1. The molecule has 4 aromatic carbocycles. The first-order valence-corrected chi connectivity index (χ1v) is 14.7. The van der Waals surface area contributed by atoms with Crippen LogP contribution in [0.25, 0.3) is 56.5 Å². The molecule has 0 aliphatic carbocycles. The number of rotatable bonds is 9. The van der Waals surface area contributed by atoms with Crippen LogP contribution in [-0.4, -0.2) is 30.4 Å². The van der Waals surface area contributed by atoms with E-state index < -0.39 is 0 Å². The van der Waals surface area contributed by atoms with Crippen LogP contribution < -0.4 is 0 Å². The molecule has 6 rings (SSSR count). The third-order valence-corrected chi connectivity index (χ3v) is 7.04. The summed E-state index contributed by atoms with van der Waals surface area (Å²) in [7, 11) is 0. The van der Waals surface area contributed by atoms with E-state index in [-0.39, 0.29) is 0 Å². The molecule has 0 aliphatic heterocycles. The summed E-state index contributed by atoms with van der Waals surface area (Å²) < 4.78 is 0. The van der Waals surface area contributed by atoms with Crippen LogP contribution in [0.4, 0.5) is 0 Å². The van der Waals surface area contributed by atoms with Gasteiger partial charge in [0.05, 0.1) is 5.69 Å². The Morgan fingerprint density at radius 1 is 0.477 bits per heavy atom. The minimum absolute atomic E-state index is 0.503. The van der Waals surface area contributed by atoms with Crippen LogP contribution in [0.5, 0.6) is 0 Å². The SMILES string of the molecule is CC(C)/C=C\C=C/Cc1nc(-c2ccc(-c3nnc(-c4ccccc4)c(-c4ccccc4)n3)cc2)nnc1-c1ccccc1. The fourth-order valence-corrected chi connectivity index (χ4v) is 4.79. The van der Waals surface area contributed by atoms with Gasteiger partial charge < -0.3 is 0 Å². The van der Waals surface area contributed by atoms with Crippen molar-refractivity contribution in [2.45, 2.75) is 20.3 Å². The Balaban J connectivity index is 1.32. The summed E-state index contributed by atoms with van der Waals surface area (Å²) in [4.78, 5) is 9.94. The highest BCUT2D eigenvalue weighted by Crippen LogP contribution is 2.30. The Bertz CT molecular complexity index is 1880. The third-order valence-electron chi connectivity index (χ3n) is 7.04. The number of nitrogens with zero attached hydrogens (tertiary/aromatic N) is 6. The lowest BCUT2D eigenvalue weighted by Crippen LogP contribution is -2.03. The zero-order valence-electron chi connectivity index (χ0n) is 24.7. The van der Waals surface area contributed by atoms with Crippen molar-refractivity contribution in [3.8, 4) is 56.5 Å². The average Bonchev–Trinajstić information content (AvgIpc) is 3.09. The highest BCUT2D eigenvalue weighted by molar-refractivity contribution is 5.79. The van der Waals surface area contributed by atoms with Gasteiger partial charge in [-0.3, -0.25) is 0 Å². The zero-order valence-corrected chi connectivity index (χ0v) is 24.7. The van der Waals surface area contributed by atoms with Gasteiger partial charge in [-0.1, -0.05) is 153 Å². The van der Waals surface area contributed by atoms with E-state index in [0.29, 0.717) is 24.0 Å². The summed E-state index contributed by atoms with van der Waals surface area (Å²) >= 11 is 0. The molecule has 44 heavy (non-hydrogen) atoms. The Labute approximate surface area is 258 Å². The smallest absolute Gasteiger partial charge is 0.182 e. The van der Waals surface area contributed by atoms with Crippen LogP contribution in [0, 0.1) is 5.92 Å². The van der Waals surface area contributed by atoms with Crippen molar-refractivity contribution in [1.82, 2.24) is 30.4 Å². The summed E-state index contributed by atoms with van der Waals surface area (Å²) in [5.74, 6) is 1.62. The summed E-state index contributed by atoms with van der Waals surface area (Å²) in [5.41, 5.74) is 7.86. The second-order valence-electron chi connectivity index (χ2n) is 10.7. The average molecular weight is 573 g/mol. The number of hydrogen-bond donors (Lipinski definition) is 0. The normalized spacial score (nSPS) is 11.5. The summed E-state index contributed by atoms with van der Waals surface area (Å²) in [6.45, 7) is 4.32. The van der Waals surface area contributed by atoms with Gasteiger partial charge in [0.2, 0.25) is 0 Å². The van der Waals surface area contributed by atoms with Crippen LogP contribution >= 0.6 is 0 Å². The predicted molar refractivity (Wildman–Crippen MR) is 177 cm³/mol. The molecule has 6 aromatic rings. The Kier molecular flexibility index (Phi) is 8.79. The van der Waals surface area contributed by atoms with E-state index in [0.717, 1.165) is 50.6 Å². The van der Waals surface area contributed by atoms with E-state index in [9.17, 15) is 0 Å². The van der Waals surface area contributed by atoms with Gasteiger partial charge in [-0.15, -0.1) is 20.4 Å². The topological polar surface area (TPSA) is 77.3 Å². The van der Waals surface area contributed by atoms with E-state index >= 15 is 0 Å². The van der Waals surface area contributed by atoms with Gasteiger partial charge in [-0.2, -0.15) is 0 Å².